The lowest BCUT2D eigenvalue weighted by molar-refractivity contribution is -0.119. The van der Waals surface area contributed by atoms with Crippen LogP contribution in [0.3, 0.4) is 0 Å². The number of fused-ring (bicyclic) bond motifs is 1. The summed E-state index contributed by atoms with van der Waals surface area (Å²) < 4.78 is 5.14. The van der Waals surface area contributed by atoms with Gasteiger partial charge in [-0.3, -0.25) is 9.69 Å². The van der Waals surface area contributed by atoms with E-state index in [1.54, 1.807) is 7.05 Å². The largest absolute Gasteiger partial charge is 0.449 e. The molecule has 2 heterocycles. The maximum absolute atomic E-state index is 11.8. The second kappa shape index (κ2) is 8.52. The molecule has 1 aromatic carbocycles. The molecule has 10 heteroatoms. The molecule has 4 N–H and O–H groups in total. The van der Waals surface area contributed by atoms with Gasteiger partial charge < -0.3 is 21.1 Å². The molecule has 1 aromatic heterocycles. The normalized spacial score (nSPS) is 14.7. The number of rotatable bonds is 6. The third kappa shape index (κ3) is 4.68. The van der Waals surface area contributed by atoms with E-state index in [9.17, 15) is 9.59 Å². The number of halogens is 1. The quantitative estimate of drug-likeness (QED) is 0.659. The molecular weight excluding hydrogens is 396 g/mol. The molecule has 0 bridgehead atoms. The number of carbonyl (C=O) groups is 2. The van der Waals surface area contributed by atoms with Crippen LogP contribution in [-0.4, -0.2) is 41.7 Å². The van der Waals surface area contributed by atoms with Crippen LogP contribution in [0.25, 0.3) is 0 Å². The van der Waals surface area contributed by atoms with Crippen LogP contribution in [0.1, 0.15) is 19.4 Å². The van der Waals surface area contributed by atoms with Crippen molar-refractivity contribution in [2.75, 3.05) is 29.2 Å². The molecule has 1 aliphatic rings. The fourth-order valence-electron chi connectivity index (χ4n) is 3.01. The molecule has 0 saturated carbocycles. The summed E-state index contributed by atoms with van der Waals surface area (Å²) in [6.07, 6.45) is 1.67. The first kappa shape index (κ1) is 20.7. The number of hydrogen-bond acceptors (Lipinski definition) is 7. The number of amides is 2. The smallest absolute Gasteiger partial charge is 0.414 e. The van der Waals surface area contributed by atoms with Gasteiger partial charge in [-0.15, -0.1) is 0 Å². The molecular formula is C19H23ClN6O3. The van der Waals surface area contributed by atoms with E-state index in [2.05, 4.69) is 20.6 Å². The summed E-state index contributed by atoms with van der Waals surface area (Å²) in [5, 5.41) is 6.38. The summed E-state index contributed by atoms with van der Waals surface area (Å²) in [5.74, 6) is 0.0885. The summed E-state index contributed by atoms with van der Waals surface area (Å²) in [6, 6.07) is 4.95. The first-order chi connectivity index (χ1) is 13.8. The molecule has 154 valence electrons. The minimum Gasteiger partial charge on any atom is -0.449 e. The number of anilines is 4. The van der Waals surface area contributed by atoms with Gasteiger partial charge in [-0.05, 0) is 29.7 Å². The number of nitrogens with one attached hydrogen (secondary N) is 2. The Morgan fingerprint density at radius 1 is 1.38 bits per heavy atom. The lowest BCUT2D eigenvalue weighted by Crippen LogP contribution is -2.39. The van der Waals surface area contributed by atoms with E-state index in [4.69, 9.17) is 22.1 Å². The molecule has 9 nitrogen and oxygen atoms in total. The van der Waals surface area contributed by atoms with Gasteiger partial charge >= 0.3 is 6.09 Å². The Hall–Kier alpha value is -3.07. The molecule has 0 aliphatic carbocycles. The lowest BCUT2D eigenvalue weighted by Gasteiger charge is -2.20. The first-order valence-electron chi connectivity index (χ1n) is 9.15. The maximum atomic E-state index is 11.8. The summed E-state index contributed by atoms with van der Waals surface area (Å²) in [6.45, 7) is 4.06. The van der Waals surface area contributed by atoms with Crippen molar-refractivity contribution in [3.8, 4) is 0 Å². The van der Waals surface area contributed by atoms with Gasteiger partial charge in [0, 0.05) is 19.2 Å². The van der Waals surface area contributed by atoms with Crippen molar-refractivity contribution in [1.82, 2.24) is 9.97 Å². The number of aromatic nitrogens is 2. The number of benzene rings is 1. The molecule has 3 rings (SSSR count). The topological polar surface area (TPSA) is 122 Å². The predicted octanol–water partition coefficient (Wildman–Crippen LogP) is 2.92. The van der Waals surface area contributed by atoms with E-state index in [1.165, 1.54) is 11.1 Å². The van der Waals surface area contributed by atoms with Gasteiger partial charge in [0.05, 0.1) is 18.5 Å². The fraction of sp³-hybridized carbons (Fsp3) is 0.368. The summed E-state index contributed by atoms with van der Waals surface area (Å²) >= 11 is 6.18. The van der Waals surface area contributed by atoms with Crippen LogP contribution >= 0.6 is 11.6 Å². The number of carbonyl (C=O) groups excluding carboxylic acids is 2. The highest BCUT2D eigenvalue weighted by atomic mass is 35.5. The Kier molecular flexibility index (Phi) is 6.07. The minimum absolute atomic E-state index is 0.0403. The molecule has 29 heavy (non-hydrogen) atoms. The predicted molar refractivity (Wildman–Crippen MR) is 112 cm³/mol. The van der Waals surface area contributed by atoms with Crippen LogP contribution in [0.15, 0.2) is 24.4 Å². The average Bonchev–Trinajstić information content (AvgIpc) is 2.80. The zero-order valence-corrected chi connectivity index (χ0v) is 17.2. The van der Waals surface area contributed by atoms with Crippen LogP contribution in [0.4, 0.5) is 27.9 Å². The van der Waals surface area contributed by atoms with Crippen LogP contribution in [0, 0.1) is 5.92 Å². The molecule has 0 spiro atoms. The van der Waals surface area contributed by atoms with Crippen molar-refractivity contribution >= 4 is 46.7 Å². The lowest BCUT2D eigenvalue weighted by atomic mass is 10.0. The Morgan fingerprint density at radius 2 is 2.14 bits per heavy atom. The van der Waals surface area contributed by atoms with Crippen molar-refractivity contribution in [1.29, 1.82) is 0 Å². The molecule has 1 atom stereocenters. The fourth-order valence-corrected chi connectivity index (χ4v) is 3.15. The monoisotopic (exact) mass is 418 g/mol. The van der Waals surface area contributed by atoms with Crippen molar-refractivity contribution in [3.63, 3.8) is 0 Å². The van der Waals surface area contributed by atoms with Crippen LogP contribution in [0.2, 0.25) is 5.02 Å². The zero-order valence-electron chi connectivity index (χ0n) is 16.4. The van der Waals surface area contributed by atoms with Gasteiger partial charge in [0.1, 0.15) is 11.1 Å². The Balaban J connectivity index is 1.83. The van der Waals surface area contributed by atoms with Gasteiger partial charge in [-0.1, -0.05) is 25.4 Å². The van der Waals surface area contributed by atoms with E-state index in [0.717, 1.165) is 16.9 Å². The van der Waals surface area contributed by atoms with E-state index in [1.807, 2.05) is 32.0 Å². The van der Waals surface area contributed by atoms with Crippen LogP contribution in [0.5, 0.6) is 0 Å². The highest BCUT2D eigenvalue weighted by molar-refractivity contribution is 6.32. The van der Waals surface area contributed by atoms with Crippen molar-refractivity contribution in [2.45, 2.75) is 26.3 Å². The number of hydrogen-bond donors (Lipinski definition) is 3. The third-order valence-corrected chi connectivity index (χ3v) is 4.85. The maximum Gasteiger partial charge on any atom is 0.414 e. The SMILES string of the molecule is CC(C)[C@@H](Nc1nc(Nc2ccc3c(c2)CCOC(=O)N3C)ncc1Cl)C(N)=O. The molecule has 0 saturated heterocycles. The van der Waals surface area contributed by atoms with E-state index in [-0.39, 0.29) is 17.0 Å². The number of cyclic esters (lactones) is 1. The number of nitrogens with two attached hydrogens (primary N) is 1. The van der Waals surface area contributed by atoms with E-state index in [0.29, 0.717) is 24.8 Å². The van der Waals surface area contributed by atoms with Gasteiger partial charge in [0.25, 0.3) is 0 Å². The summed E-state index contributed by atoms with van der Waals surface area (Å²) in [7, 11) is 1.67. The first-order valence-corrected chi connectivity index (χ1v) is 9.53. The second-order valence-electron chi connectivity index (χ2n) is 7.05. The Labute approximate surface area is 173 Å². The van der Waals surface area contributed by atoms with E-state index >= 15 is 0 Å². The van der Waals surface area contributed by atoms with Gasteiger partial charge in [-0.2, -0.15) is 4.98 Å². The van der Waals surface area contributed by atoms with Crippen molar-refractivity contribution in [3.05, 3.63) is 35.0 Å². The molecule has 0 fully saturated rings. The second-order valence-corrected chi connectivity index (χ2v) is 7.46. The highest BCUT2D eigenvalue weighted by Crippen LogP contribution is 2.29. The van der Waals surface area contributed by atoms with Gasteiger partial charge in [-0.25, -0.2) is 9.78 Å². The van der Waals surface area contributed by atoms with E-state index < -0.39 is 11.9 Å². The van der Waals surface area contributed by atoms with Crippen molar-refractivity contribution in [2.24, 2.45) is 11.7 Å². The van der Waals surface area contributed by atoms with Gasteiger partial charge in [0.2, 0.25) is 11.9 Å². The molecule has 1 aliphatic heterocycles. The average molecular weight is 419 g/mol. The van der Waals surface area contributed by atoms with Crippen LogP contribution < -0.4 is 21.3 Å². The molecule has 0 unspecified atom stereocenters. The Morgan fingerprint density at radius 3 is 2.83 bits per heavy atom. The summed E-state index contributed by atoms with van der Waals surface area (Å²) in [4.78, 5) is 33.5. The molecule has 0 radical (unpaired) electrons. The number of primary amides is 1. The molecule has 2 amide bonds. The minimum atomic E-state index is -0.615. The highest BCUT2D eigenvalue weighted by Gasteiger charge is 2.22. The zero-order chi connectivity index (χ0) is 21.1. The molecule has 2 aromatic rings. The number of ether oxygens (including phenoxy) is 1. The summed E-state index contributed by atoms with van der Waals surface area (Å²) in [5.41, 5.74) is 7.95. The Bertz CT molecular complexity index is 936. The van der Waals surface area contributed by atoms with Gasteiger partial charge in [0.15, 0.2) is 5.82 Å². The third-order valence-electron chi connectivity index (χ3n) is 4.58. The number of nitrogens with zero attached hydrogens (tertiary/aromatic N) is 3. The van der Waals surface area contributed by atoms with Crippen molar-refractivity contribution < 1.29 is 14.3 Å². The standard InChI is InChI=1S/C19H23ClN6O3/c1-10(2)15(16(21)27)24-17-13(20)9-22-18(25-17)23-12-4-5-14-11(8-12)6-7-29-19(28)26(14)3/h4-5,8-10,15H,6-7H2,1-3H3,(H2,21,27)(H2,22,23,24,25)/t15-/m1/s1. The van der Waals surface area contributed by atoms with Crippen LogP contribution in [-0.2, 0) is 16.0 Å².